The number of carboxylic acids is 1. The van der Waals surface area contributed by atoms with Gasteiger partial charge in [-0.1, -0.05) is 18.5 Å². The molecule has 0 unspecified atom stereocenters. The van der Waals surface area contributed by atoms with Crippen LogP contribution in [0.1, 0.15) is 63.9 Å². The van der Waals surface area contributed by atoms with Gasteiger partial charge in [0.1, 0.15) is 5.82 Å². The third-order valence-corrected chi connectivity index (χ3v) is 5.63. The number of ketones is 1. The summed E-state index contributed by atoms with van der Waals surface area (Å²) in [6.45, 7) is 3.32. The molecule has 6 heteroatoms. The van der Waals surface area contributed by atoms with Crippen LogP contribution in [-0.4, -0.2) is 30.1 Å². The molecule has 1 aliphatic rings. The van der Waals surface area contributed by atoms with Gasteiger partial charge >= 0.3 is 5.97 Å². The molecule has 1 aliphatic heterocycles. The Labute approximate surface area is 168 Å². The third kappa shape index (κ3) is 4.26. The van der Waals surface area contributed by atoms with Crippen LogP contribution in [0, 0.1) is 11.7 Å². The monoisotopic (exact) mass is 404 g/mol. The number of hydrogen-bond acceptors (Lipinski definition) is 3. The van der Waals surface area contributed by atoms with Gasteiger partial charge < -0.3 is 9.84 Å². The molecule has 2 aromatic rings. The highest BCUT2D eigenvalue weighted by molar-refractivity contribution is 6.30. The van der Waals surface area contributed by atoms with Crippen LogP contribution < -0.4 is 0 Å². The lowest BCUT2D eigenvalue weighted by molar-refractivity contribution is 0.0571. The first-order valence-electron chi connectivity index (χ1n) is 9.37. The largest absolute Gasteiger partial charge is 0.478 e. The maximum atomic E-state index is 15.0. The molecule has 0 aliphatic carbocycles. The Morgan fingerprint density at radius 3 is 2.43 bits per heavy atom. The number of halogens is 2. The molecular formula is C22H22ClFO4. The van der Waals surface area contributed by atoms with E-state index in [2.05, 4.69) is 0 Å². The first-order valence-corrected chi connectivity index (χ1v) is 9.75. The second kappa shape index (κ2) is 8.84. The van der Waals surface area contributed by atoms with Crippen molar-refractivity contribution in [2.24, 2.45) is 5.92 Å². The summed E-state index contributed by atoms with van der Waals surface area (Å²) in [6, 6.07) is 8.72. The summed E-state index contributed by atoms with van der Waals surface area (Å²) in [5.41, 5.74) is 0.0906. The lowest BCUT2D eigenvalue weighted by Crippen LogP contribution is -2.23. The molecule has 148 valence electrons. The van der Waals surface area contributed by atoms with E-state index in [-0.39, 0.29) is 17.0 Å². The van der Waals surface area contributed by atoms with Gasteiger partial charge in [0.25, 0.3) is 0 Å². The number of carbonyl (C=O) groups is 2. The molecule has 1 atom stereocenters. The van der Waals surface area contributed by atoms with Crippen molar-refractivity contribution in [3.63, 3.8) is 0 Å². The van der Waals surface area contributed by atoms with Gasteiger partial charge in [-0.05, 0) is 73.1 Å². The Hall–Kier alpha value is -2.24. The number of benzene rings is 2. The highest BCUT2D eigenvalue weighted by Crippen LogP contribution is 2.36. The van der Waals surface area contributed by atoms with E-state index in [1.165, 1.54) is 36.4 Å². The van der Waals surface area contributed by atoms with Gasteiger partial charge in [0.15, 0.2) is 5.78 Å². The number of aromatic carboxylic acids is 1. The van der Waals surface area contributed by atoms with E-state index >= 15 is 4.39 Å². The molecule has 0 bridgehead atoms. The van der Waals surface area contributed by atoms with Crippen LogP contribution in [0.5, 0.6) is 0 Å². The molecule has 0 aromatic heterocycles. The minimum absolute atomic E-state index is 0.0242. The molecule has 2 aromatic carbocycles. The summed E-state index contributed by atoms with van der Waals surface area (Å²) in [4.78, 5) is 24.6. The lowest BCUT2D eigenvalue weighted by atomic mass is 9.78. The molecule has 0 spiro atoms. The topological polar surface area (TPSA) is 63.6 Å². The average Bonchev–Trinajstić information content (AvgIpc) is 2.69. The zero-order valence-corrected chi connectivity index (χ0v) is 16.3. The fourth-order valence-corrected chi connectivity index (χ4v) is 4.07. The number of carboxylic acid groups (broad SMARTS) is 1. The first kappa shape index (κ1) is 20.5. The number of hydrogen-bond donors (Lipinski definition) is 1. The summed E-state index contributed by atoms with van der Waals surface area (Å²) in [7, 11) is 0. The predicted octanol–water partition coefficient (Wildman–Crippen LogP) is 5.33. The summed E-state index contributed by atoms with van der Waals surface area (Å²) in [5.74, 6) is -2.47. The zero-order chi connectivity index (χ0) is 20.3. The first-order chi connectivity index (χ1) is 13.4. The Balaban J connectivity index is 2.03. The van der Waals surface area contributed by atoms with Crippen LogP contribution in [0.4, 0.5) is 4.39 Å². The molecule has 1 N–H and O–H groups in total. The molecular weight excluding hydrogens is 383 g/mol. The van der Waals surface area contributed by atoms with Crippen molar-refractivity contribution in [2.45, 2.75) is 32.1 Å². The van der Waals surface area contributed by atoms with E-state index in [0.29, 0.717) is 29.7 Å². The van der Waals surface area contributed by atoms with Gasteiger partial charge in [0.05, 0.1) is 11.1 Å². The van der Waals surface area contributed by atoms with Crippen molar-refractivity contribution in [1.82, 2.24) is 0 Å². The Bertz CT molecular complexity index is 873. The summed E-state index contributed by atoms with van der Waals surface area (Å²) < 4.78 is 20.4. The molecule has 28 heavy (non-hydrogen) atoms. The molecule has 4 nitrogen and oxygen atoms in total. The molecule has 1 fully saturated rings. The van der Waals surface area contributed by atoms with E-state index in [1.807, 2.05) is 6.92 Å². The summed E-state index contributed by atoms with van der Waals surface area (Å²) in [6.07, 6.45) is 2.47. The lowest BCUT2D eigenvalue weighted by Gasteiger charge is -2.30. The fourth-order valence-electron chi connectivity index (χ4n) is 3.95. The van der Waals surface area contributed by atoms with Crippen LogP contribution in [0.25, 0.3) is 0 Å². The normalized spacial score (nSPS) is 16.0. The van der Waals surface area contributed by atoms with Crippen molar-refractivity contribution < 1.29 is 23.8 Å². The molecule has 0 amide bonds. The highest BCUT2D eigenvalue weighted by Gasteiger charge is 2.29. The van der Waals surface area contributed by atoms with Crippen molar-refractivity contribution in [3.05, 3.63) is 69.5 Å². The minimum atomic E-state index is -1.32. The van der Waals surface area contributed by atoms with Crippen molar-refractivity contribution >= 4 is 23.4 Å². The number of rotatable bonds is 6. The van der Waals surface area contributed by atoms with Gasteiger partial charge in [-0.25, -0.2) is 9.18 Å². The second-order valence-corrected chi connectivity index (χ2v) is 7.47. The fraction of sp³-hybridized carbons (Fsp3) is 0.364. The van der Waals surface area contributed by atoms with E-state index in [4.69, 9.17) is 16.3 Å². The van der Waals surface area contributed by atoms with Gasteiger partial charge in [0.2, 0.25) is 0 Å². The van der Waals surface area contributed by atoms with Crippen LogP contribution in [0.3, 0.4) is 0 Å². The molecule has 1 saturated heterocycles. The van der Waals surface area contributed by atoms with Crippen molar-refractivity contribution in [1.29, 1.82) is 0 Å². The van der Waals surface area contributed by atoms with E-state index in [1.54, 1.807) is 0 Å². The maximum absolute atomic E-state index is 15.0. The summed E-state index contributed by atoms with van der Waals surface area (Å²) in [5, 5.41) is 10.1. The molecule has 3 rings (SSSR count). The van der Waals surface area contributed by atoms with Crippen LogP contribution in [0.2, 0.25) is 5.02 Å². The van der Waals surface area contributed by atoms with Gasteiger partial charge in [0, 0.05) is 23.8 Å². The maximum Gasteiger partial charge on any atom is 0.336 e. The minimum Gasteiger partial charge on any atom is -0.478 e. The van der Waals surface area contributed by atoms with Gasteiger partial charge in [-0.15, -0.1) is 0 Å². The van der Waals surface area contributed by atoms with Crippen molar-refractivity contribution in [2.75, 3.05) is 13.2 Å². The van der Waals surface area contributed by atoms with Crippen LogP contribution in [-0.2, 0) is 4.74 Å². The number of carbonyl (C=O) groups excluding carboxylic acids is 1. The van der Waals surface area contributed by atoms with E-state index in [9.17, 15) is 14.7 Å². The average molecular weight is 405 g/mol. The molecule has 0 radical (unpaired) electrons. The van der Waals surface area contributed by atoms with Crippen molar-refractivity contribution in [3.8, 4) is 0 Å². The smallest absolute Gasteiger partial charge is 0.336 e. The number of ether oxygens (including phenoxy) is 1. The molecule has 0 saturated carbocycles. The standard InChI is InChI=1S/C22H22ClFO4/c1-2-17(13-7-9-28-10-8-13)15-11-18(22(26)27)20(19(24)12-15)21(25)14-3-5-16(23)6-4-14/h3-6,11-13,17H,2,7-10H2,1H3,(H,26,27)/t17-/m0/s1. The quantitative estimate of drug-likeness (QED) is 0.661. The van der Waals surface area contributed by atoms with Crippen LogP contribution >= 0.6 is 11.6 Å². The van der Waals surface area contributed by atoms with E-state index in [0.717, 1.165) is 19.3 Å². The van der Waals surface area contributed by atoms with Gasteiger partial charge in [-0.2, -0.15) is 0 Å². The Morgan fingerprint density at radius 2 is 1.86 bits per heavy atom. The molecule has 1 heterocycles. The zero-order valence-electron chi connectivity index (χ0n) is 15.6. The Kier molecular flexibility index (Phi) is 6.47. The SMILES string of the molecule is CC[C@H](c1cc(F)c(C(=O)c2ccc(Cl)cc2)c(C(=O)O)c1)C1CCOCC1. The second-order valence-electron chi connectivity index (χ2n) is 7.03. The third-order valence-electron chi connectivity index (χ3n) is 5.38. The predicted molar refractivity (Wildman–Crippen MR) is 105 cm³/mol. The van der Waals surface area contributed by atoms with Gasteiger partial charge in [-0.3, -0.25) is 4.79 Å². The van der Waals surface area contributed by atoms with E-state index < -0.39 is 23.1 Å². The highest BCUT2D eigenvalue weighted by atomic mass is 35.5. The summed E-state index contributed by atoms with van der Waals surface area (Å²) >= 11 is 5.83. The van der Waals surface area contributed by atoms with Crippen LogP contribution in [0.15, 0.2) is 36.4 Å². The Morgan fingerprint density at radius 1 is 1.21 bits per heavy atom.